The van der Waals surface area contributed by atoms with Gasteiger partial charge in [0.05, 0.1) is 18.1 Å². The summed E-state index contributed by atoms with van der Waals surface area (Å²) in [6.07, 6.45) is 0.143. The number of ether oxygens (including phenoxy) is 2. The van der Waals surface area contributed by atoms with Gasteiger partial charge in [-0.2, -0.15) is 0 Å². The maximum atomic E-state index is 12.7. The Labute approximate surface area is 142 Å². The van der Waals surface area contributed by atoms with Crippen molar-refractivity contribution in [3.05, 3.63) is 71.3 Å². The van der Waals surface area contributed by atoms with E-state index in [0.717, 1.165) is 17.5 Å². The van der Waals surface area contributed by atoms with Gasteiger partial charge < -0.3 is 14.4 Å². The van der Waals surface area contributed by atoms with E-state index in [4.69, 9.17) is 9.47 Å². The van der Waals surface area contributed by atoms with Crippen molar-refractivity contribution < 1.29 is 14.3 Å². The molecule has 124 valence electrons. The first-order chi connectivity index (χ1) is 11.7. The summed E-state index contributed by atoms with van der Waals surface area (Å²) in [6.45, 7) is 0. The van der Waals surface area contributed by atoms with E-state index in [-0.39, 0.29) is 30.3 Å². The highest BCUT2D eigenvalue weighted by Crippen LogP contribution is 2.49. The Morgan fingerprint density at radius 1 is 1.08 bits per heavy atom. The molecule has 0 N–H and O–H groups in total. The normalized spacial score (nSPS) is 29.1. The molecule has 24 heavy (non-hydrogen) atoms. The second-order valence-corrected chi connectivity index (χ2v) is 6.46. The van der Waals surface area contributed by atoms with Crippen LogP contribution in [0.4, 0.5) is 0 Å². The molecule has 0 saturated carbocycles. The molecule has 0 spiro atoms. The zero-order valence-electron chi connectivity index (χ0n) is 13.9. The van der Waals surface area contributed by atoms with E-state index in [1.807, 2.05) is 42.3 Å². The number of hydrogen-bond donors (Lipinski definition) is 0. The van der Waals surface area contributed by atoms with Crippen molar-refractivity contribution in [3.8, 4) is 0 Å². The number of β-lactam (4-membered cyclic amide) rings is 1. The van der Waals surface area contributed by atoms with Crippen molar-refractivity contribution in [1.82, 2.24) is 4.90 Å². The Kier molecular flexibility index (Phi) is 3.87. The van der Waals surface area contributed by atoms with Crippen molar-refractivity contribution in [1.29, 1.82) is 0 Å². The molecular weight excluding hydrogens is 302 g/mol. The third-order valence-electron chi connectivity index (χ3n) is 5.17. The summed E-state index contributed by atoms with van der Waals surface area (Å²) in [6, 6.07) is 18.4. The number of amides is 1. The minimum absolute atomic E-state index is 0.0346. The SMILES string of the molecule is COC1Cc2ccccc2[C@@H]([C@@H]2C(=O)N(C)[C@H]2c2ccccc2)O1. The fourth-order valence-corrected chi connectivity index (χ4v) is 3.92. The number of fused-ring (bicyclic) bond motifs is 1. The molecule has 0 bridgehead atoms. The van der Waals surface area contributed by atoms with Gasteiger partial charge in [0.15, 0.2) is 6.29 Å². The highest BCUT2D eigenvalue weighted by molar-refractivity contribution is 5.87. The number of rotatable bonds is 3. The second kappa shape index (κ2) is 6.04. The van der Waals surface area contributed by atoms with Gasteiger partial charge in [-0.15, -0.1) is 0 Å². The average Bonchev–Trinajstić information content (AvgIpc) is 2.65. The molecule has 0 radical (unpaired) electrons. The molecule has 1 fully saturated rings. The van der Waals surface area contributed by atoms with Crippen LogP contribution in [0.3, 0.4) is 0 Å². The van der Waals surface area contributed by atoms with E-state index < -0.39 is 0 Å². The molecule has 4 rings (SSSR count). The van der Waals surface area contributed by atoms with Gasteiger partial charge in [-0.25, -0.2) is 0 Å². The van der Waals surface area contributed by atoms with Crippen molar-refractivity contribution in [3.63, 3.8) is 0 Å². The minimum Gasteiger partial charge on any atom is -0.356 e. The number of nitrogens with zero attached hydrogens (tertiary/aromatic N) is 1. The van der Waals surface area contributed by atoms with E-state index in [1.54, 1.807) is 7.11 Å². The molecular formula is C20H21NO3. The highest BCUT2D eigenvalue weighted by Gasteiger charge is 2.52. The number of carbonyl (C=O) groups excluding carboxylic acids is 1. The van der Waals surface area contributed by atoms with Crippen LogP contribution in [0.15, 0.2) is 54.6 Å². The summed E-state index contributed by atoms with van der Waals surface area (Å²) >= 11 is 0. The van der Waals surface area contributed by atoms with Crippen molar-refractivity contribution in [2.24, 2.45) is 5.92 Å². The van der Waals surface area contributed by atoms with Crippen molar-refractivity contribution in [2.75, 3.05) is 14.2 Å². The fraction of sp³-hybridized carbons (Fsp3) is 0.350. The Balaban J connectivity index is 1.72. The molecule has 1 saturated heterocycles. The third-order valence-corrected chi connectivity index (χ3v) is 5.17. The molecule has 0 aliphatic carbocycles. The molecule has 2 heterocycles. The van der Waals surface area contributed by atoms with Crippen LogP contribution in [-0.4, -0.2) is 31.3 Å². The van der Waals surface area contributed by atoms with E-state index >= 15 is 0 Å². The van der Waals surface area contributed by atoms with Crippen LogP contribution < -0.4 is 0 Å². The van der Waals surface area contributed by atoms with Gasteiger partial charge >= 0.3 is 0 Å². The maximum Gasteiger partial charge on any atom is 0.231 e. The summed E-state index contributed by atoms with van der Waals surface area (Å²) < 4.78 is 11.6. The number of likely N-dealkylation sites (tertiary alicyclic amines) is 1. The van der Waals surface area contributed by atoms with Crippen molar-refractivity contribution >= 4 is 5.91 Å². The van der Waals surface area contributed by atoms with Gasteiger partial charge in [-0.3, -0.25) is 4.79 Å². The van der Waals surface area contributed by atoms with Crippen molar-refractivity contribution in [2.45, 2.75) is 24.9 Å². The summed E-state index contributed by atoms with van der Waals surface area (Å²) in [5.74, 6) is -0.0862. The summed E-state index contributed by atoms with van der Waals surface area (Å²) in [5.41, 5.74) is 3.46. The molecule has 1 amide bonds. The van der Waals surface area contributed by atoms with Crippen LogP contribution in [0.5, 0.6) is 0 Å². The predicted molar refractivity (Wildman–Crippen MR) is 90.2 cm³/mol. The monoisotopic (exact) mass is 323 g/mol. The first kappa shape index (κ1) is 15.4. The smallest absolute Gasteiger partial charge is 0.231 e. The van der Waals surface area contributed by atoms with Gasteiger partial charge in [0.2, 0.25) is 5.91 Å². The van der Waals surface area contributed by atoms with Crippen LogP contribution in [0.25, 0.3) is 0 Å². The Hall–Kier alpha value is -2.17. The van der Waals surface area contributed by atoms with Gasteiger partial charge in [-0.1, -0.05) is 54.6 Å². The number of methoxy groups -OCH3 is 1. The lowest BCUT2D eigenvalue weighted by Crippen LogP contribution is -2.56. The lowest BCUT2D eigenvalue weighted by atomic mass is 9.75. The van der Waals surface area contributed by atoms with E-state index in [1.165, 1.54) is 5.56 Å². The van der Waals surface area contributed by atoms with Gasteiger partial charge in [0.25, 0.3) is 0 Å². The highest BCUT2D eigenvalue weighted by atomic mass is 16.7. The minimum atomic E-state index is -0.306. The third kappa shape index (κ3) is 2.34. The van der Waals surface area contributed by atoms with Crippen LogP contribution in [0.1, 0.15) is 28.8 Å². The number of benzene rings is 2. The lowest BCUT2D eigenvalue weighted by Gasteiger charge is -2.50. The Morgan fingerprint density at radius 3 is 2.54 bits per heavy atom. The molecule has 4 heteroatoms. The largest absolute Gasteiger partial charge is 0.356 e. The zero-order chi connectivity index (χ0) is 16.7. The average molecular weight is 323 g/mol. The molecule has 2 aromatic rings. The Morgan fingerprint density at radius 2 is 1.79 bits per heavy atom. The maximum absolute atomic E-state index is 12.7. The zero-order valence-corrected chi connectivity index (χ0v) is 13.9. The Bertz CT molecular complexity index is 746. The summed E-state index contributed by atoms with van der Waals surface area (Å²) in [4.78, 5) is 14.5. The van der Waals surface area contributed by atoms with E-state index in [0.29, 0.717) is 0 Å². The molecule has 0 aromatic heterocycles. The van der Waals surface area contributed by atoms with E-state index in [2.05, 4.69) is 24.3 Å². The van der Waals surface area contributed by atoms with Crippen LogP contribution in [-0.2, 0) is 20.7 Å². The first-order valence-electron chi connectivity index (χ1n) is 8.28. The molecule has 2 aliphatic rings. The van der Waals surface area contributed by atoms with Crippen LogP contribution in [0, 0.1) is 5.92 Å². The number of hydrogen-bond acceptors (Lipinski definition) is 3. The molecule has 4 nitrogen and oxygen atoms in total. The standard InChI is InChI=1S/C20H21NO3/c1-21-18(13-8-4-3-5-9-13)17(20(21)22)19-15-11-7-6-10-14(15)12-16(23-2)24-19/h3-11,16-19H,12H2,1-2H3/t16?,17-,18+,19+/m1/s1. The van der Waals surface area contributed by atoms with E-state index in [9.17, 15) is 4.79 Å². The number of carbonyl (C=O) groups is 1. The predicted octanol–water partition coefficient (Wildman–Crippen LogP) is 3.10. The molecule has 4 atom stereocenters. The van der Waals surface area contributed by atoms with Crippen LogP contribution >= 0.6 is 0 Å². The van der Waals surface area contributed by atoms with Gasteiger partial charge in [-0.05, 0) is 16.7 Å². The molecule has 1 unspecified atom stereocenters. The lowest BCUT2D eigenvalue weighted by molar-refractivity contribution is -0.205. The fourth-order valence-electron chi connectivity index (χ4n) is 3.92. The quantitative estimate of drug-likeness (QED) is 0.815. The topological polar surface area (TPSA) is 38.8 Å². The van der Waals surface area contributed by atoms with Crippen LogP contribution in [0.2, 0.25) is 0 Å². The molecule has 2 aromatic carbocycles. The summed E-state index contributed by atoms with van der Waals surface area (Å²) in [7, 11) is 3.51. The van der Waals surface area contributed by atoms with Gasteiger partial charge in [0, 0.05) is 20.6 Å². The molecule has 2 aliphatic heterocycles. The first-order valence-corrected chi connectivity index (χ1v) is 8.28. The second-order valence-electron chi connectivity index (χ2n) is 6.46. The summed E-state index contributed by atoms with van der Waals surface area (Å²) in [5, 5.41) is 0. The van der Waals surface area contributed by atoms with Gasteiger partial charge in [0.1, 0.15) is 0 Å².